The average molecular weight is 439 g/mol. The van der Waals surface area contributed by atoms with Crippen LogP contribution in [0.15, 0.2) is 59.8 Å². The number of ketones is 1. The van der Waals surface area contributed by atoms with Crippen molar-refractivity contribution in [2.45, 2.75) is 49.7 Å². The lowest BCUT2D eigenvalue weighted by Gasteiger charge is -2.26. The standard InChI is InChI=1S/C24H27FN4OS/c1-18(23(30)20-10-12-21(25)13-11-20)31-24-27-26-22(17-28-14-6-3-7-15-28)29(24)16-19-8-4-2-5-9-19/h2,4-5,8-13,18H,3,6-7,14-17H2,1H3. The van der Waals surface area contributed by atoms with E-state index in [1.165, 1.54) is 60.9 Å². The summed E-state index contributed by atoms with van der Waals surface area (Å²) in [6.07, 6.45) is 3.73. The third kappa shape index (κ3) is 5.60. The van der Waals surface area contributed by atoms with Crippen molar-refractivity contribution in [1.29, 1.82) is 0 Å². The molecular formula is C24H27FN4OS. The van der Waals surface area contributed by atoms with Crippen LogP contribution in [0.1, 0.15) is 47.9 Å². The smallest absolute Gasteiger partial charge is 0.192 e. The highest BCUT2D eigenvalue weighted by atomic mass is 32.2. The number of Topliss-reactive ketones (excluding diaryl/α,β-unsaturated/α-hetero) is 1. The Morgan fingerprint density at radius 1 is 1.00 bits per heavy atom. The van der Waals surface area contributed by atoms with Gasteiger partial charge in [-0.25, -0.2) is 4.39 Å². The molecule has 0 amide bonds. The van der Waals surface area contributed by atoms with Gasteiger partial charge in [0.25, 0.3) is 0 Å². The van der Waals surface area contributed by atoms with Crippen LogP contribution in [0.5, 0.6) is 0 Å². The molecule has 3 aromatic rings. The van der Waals surface area contributed by atoms with Crippen LogP contribution < -0.4 is 0 Å². The summed E-state index contributed by atoms with van der Waals surface area (Å²) in [6, 6.07) is 15.9. The van der Waals surface area contributed by atoms with Crippen molar-refractivity contribution in [3.8, 4) is 0 Å². The van der Waals surface area contributed by atoms with E-state index in [2.05, 4.69) is 31.8 Å². The normalized spacial score (nSPS) is 15.7. The lowest BCUT2D eigenvalue weighted by atomic mass is 10.1. The number of likely N-dealkylation sites (tertiary alicyclic amines) is 1. The minimum Gasteiger partial charge on any atom is -0.300 e. The molecule has 0 N–H and O–H groups in total. The van der Waals surface area contributed by atoms with Crippen LogP contribution >= 0.6 is 11.8 Å². The summed E-state index contributed by atoms with van der Waals surface area (Å²) in [7, 11) is 0. The summed E-state index contributed by atoms with van der Waals surface area (Å²) in [4.78, 5) is 15.3. The molecule has 162 valence electrons. The molecule has 4 rings (SSSR count). The molecule has 2 heterocycles. The molecule has 2 aromatic carbocycles. The minimum absolute atomic E-state index is 0.0446. The maximum Gasteiger partial charge on any atom is 0.192 e. The molecule has 1 saturated heterocycles. The molecule has 1 aliphatic heterocycles. The predicted octanol–water partition coefficient (Wildman–Crippen LogP) is 4.81. The highest BCUT2D eigenvalue weighted by Gasteiger charge is 2.23. The molecular weight excluding hydrogens is 411 g/mol. The van der Waals surface area contributed by atoms with E-state index < -0.39 is 0 Å². The number of nitrogens with zero attached hydrogens (tertiary/aromatic N) is 4. The molecule has 0 bridgehead atoms. The number of hydrogen-bond acceptors (Lipinski definition) is 5. The van der Waals surface area contributed by atoms with E-state index in [9.17, 15) is 9.18 Å². The van der Waals surface area contributed by atoms with Gasteiger partial charge in [0.05, 0.1) is 18.3 Å². The molecule has 1 aliphatic rings. The van der Waals surface area contributed by atoms with Gasteiger partial charge in [0.2, 0.25) is 0 Å². The van der Waals surface area contributed by atoms with Gasteiger partial charge in [0.1, 0.15) is 11.6 Å². The molecule has 1 atom stereocenters. The molecule has 1 fully saturated rings. The lowest BCUT2D eigenvalue weighted by molar-refractivity contribution is 0.0994. The van der Waals surface area contributed by atoms with Crippen molar-refractivity contribution in [3.05, 3.63) is 77.4 Å². The van der Waals surface area contributed by atoms with Crippen LogP contribution in [0.3, 0.4) is 0 Å². The molecule has 31 heavy (non-hydrogen) atoms. The molecule has 1 unspecified atom stereocenters. The van der Waals surface area contributed by atoms with Crippen molar-refractivity contribution in [1.82, 2.24) is 19.7 Å². The number of carbonyl (C=O) groups excluding carboxylic acids is 1. The summed E-state index contributed by atoms with van der Waals surface area (Å²) in [5, 5.41) is 9.32. The largest absolute Gasteiger partial charge is 0.300 e. The number of halogens is 1. The van der Waals surface area contributed by atoms with Crippen LogP contribution in [0.25, 0.3) is 0 Å². The van der Waals surface area contributed by atoms with E-state index in [1.54, 1.807) is 0 Å². The monoisotopic (exact) mass is 438 g/mol. The van der Waals surface area contributed by atoms with Gasteiger partial charge in [-0.3, -0.25) is 9.69 Å². The fourth-order valence-electron chi connectivity index (χ4n) is 3.83. The van der Waals surface area contributed by atoms with Gasteiger partial charge in [-0.15, -0.1) is 10.2 Å². The number of piperidine rings is 1. The van der Waals surface area contributed by atoms with E-state index in [1.807, 2.05) is 25.1 Å². The quantitative estimate of drug-likeness (QED) is 0.373. The van der Waals surface area contributed by atoms with Gasteiger partial charge in [-0.1, -0.05) is 48.5 Å². The molecule has 5 nitrogen and oxygen atoms in total. The van der Waals surface area contributed by atoms with Crippen molar-refractivity contribution in [2.75, 3.05) is 13.1 Å². The first-order chi connectivity index (χ1) is 15.1. The topological polar surface area (TPSA) is 51.0 Å². The minimum atomic E-state index is -0.355. The maximum absolute atomic E-state index is 13.2. The van der Waals surface area contributed by atoms with Crippen LogP contribution in [-0.2, 0) is 13.1 Å². The fraction of sp³-hybridized carbons (Fsp3) is 0.375. The van der Waals surface area contributed by atoms with Gasteiger partial charge in [-0.2, -0.15) is 0 Å². The summed E-state index contributed by atoms with van der Waals surface area (Å²) < 4.78 is 15.3. The molecule has 0 aliphatic carbocycles. The first kappa shape index (κ1) is 21.7. The zero-order chi connectivity index (χ0) is 21.6. The number of hydrogen-bond donors (Lipinski definition) is 0. The Labute approximate surface area is 186 Å². The van der Waals surface area contributed by atoms with Gasteiger partial charge < -0.3 is 4.57 Å². The fourth-order valence-corrected chi connectivity index (χ4v) is 4.77. The number of benzene rings is 2. The van der Waals surface area contributed by atoms with E-state index in [0.717, 1.165) is 30.6 Å². The second kappa shape index (κ2) is 10.2. The number of carbonyl (C=O) groups is 1. The Hall–Kier alpha value is -2.51. The second-order valence-electron chi connectivity index (χ2n) is 7.94. The van der Waals surface area contributed by atoms with E-state index >= 15 is 0 Å². The Morgan fingerprint density at radius 2 is 1.71 bits per heavy atom. The SMILES string of the molecule is CC(Sc1nnc(CN2CCCCC2)n1Cc1ccccc1)C(=O)c1ccc(F)cc1. The summed E-state index contributed by atoms with van der Waals surface area (Å²) in [5.41, 5.74) is 1.67. The second-order valence-corrected chi connectivity index (χ2v) is 9.25. The number of aromatic nitrogens is 3. The van der Waals surface area contributed by atoms with Crippen molar-refractivity contribution < 1.29 is 9.18 Å². The molecule has 0 radical (unpaired) electrons. The zero-order valence-electron chi connectivity index (χ0n) is 17.7. The average Bonchev–Trinajstić information content (AvgIpc) is 3.16. The number of rotatable bonds is 8. The highest BCUT2D eigenvalue weighted by Crippen LogP contribution is 2.26. The van der Waals surface area contributed by atoms with Crippen LogP contribution in [-0.4, -0.2) is 43.8 Å². The van der Waals surface area contributed by atoms with Gasteiger partial charge in [0, 0.05) is 5.56 Å². The first-order valence-corrected chi connectivity index (χ1v) is 11.6. The van der Waals surface area contributed by atoms with E-state index in [4.69, 9.17) is 0 Å². The first-order valence-electron chi connectivity index (χ1n) is 10.7. The third-order valence-corrected chi connectivity index (χ3v) is 6.65. The van der Waals surface area contributed by atoms with E-state index in [-0.39, 0.29) is 16.9 Å². The van der Waals surface area contributed by atoms with Gasteiger partial charge in [0.15, 0.2) is 10.9 Å². The van der Waals surface area contributed by atoms with Crippen molar-refractivity contribution >= 4 is 17.5 Å². The number of thioether (sulfide) groups is 1. The van der Waals surface area contributed by atoms with Gasteiger partial charge >= 0.3 is 0 Å². The third-order valence-electron chi connectivity index (χ3n) is 5.57. The summed E-state index contributed by atoms with van der Waals surface area (Å²) >= 11 is 1.41. The maximum atomic E-state index is 13.2. The van der Waals surface area contributed by atoms with E-state index in [0.29, 0.717) is 12.1 Å². The zero-order valence-corrected chi connectivity index (χ0v) is 18.5. The molecule has 1 aromatic heterocycles. The lowest BCUT2D eigenvalue weighted by Crippen LogP contribution is -2.30. The molecule has 7 heteroatoms. The van der Waals surface area contributed by atoms with Crippen LogP contribution in [0.2, 0.25) is 0 Å². The Kier molecular flexibility index (Phi) is 7.14. The van der Waals surface area contributed by atoms with Gasteiger partial charge in [-0.05, 0) is 62.7 Å². The van der Waals surface area contributed by atoms with Crippen molar-refractivity contribution in [2.24, 2.45) is 0 Å². The Balaban J connectivity index is 1.55. The highest BCUT2D eigenvalue weighted by molar-refractivity contribution is 8.00. The summed E-state index contributed by atoms with van der Waals surface area (Å²) in [6.45, 7) is 5.46. The predicted molar refractivity (Wildman–Crippen MR) is 121 cm³/mol. The Bertz CT molecular complexity index is 1000. The van der Waals surface area contributed by atoms with Crippen LogP contribution in [0, 0.1) is 5.82 Å². The van der Waals surface area contributed by atoms with Crippen molar-refractivity contribution in [3.63, 3.8) is 0 Å². The molecule has 0 spiro atoms. The van der Waals surface area contributed by atoms with Crippen LogP contribution in [0.4, 0.5) is 4.39 Å². The molecule has 0 saturated carbocycles. The Morgan fingerprint density at radius 3 is 2.42 bits per heavy atom. The summed E-state index contributed by atoms with van der Waals surface area (Å²) in [5.74, 6) is 0.536.